The maximum atomic E-state index is 12.0. The number of rotatable bonds is 12. The van der Waals surface area contributed by atoms with Gasteiger partial charge in [-0.1, -0.05) is 62.9 Å². The van der Waals surface area contributed by atoms with Crippen LogP contribution >= 0.6 is 0 Å². The molecular formula is C19H30N2O2. The molecule has 4 heteroatoms. The number of hydrogen-bond acceptors (Lipinski definition) is 2. The number of carbonyl (C=O) groups is 2. The second kappa shape index (κ2) is 11.7. The van der Waals surface area contributed by atoms with Crippen molar-refractivity contribution >= 4 is 11.8 Å². The minimum Gasteiger partial charge on any atom is -0.370 e. The summed E-state index contributed by atoms with van der Waals surface area (Å²) in [6.45, 7) is 2.72. The highest BCUT2D eigenvalue weighted by Gasteiger charge is 2.12. The molecule has 0 aliphatic rings. The second-order valence-electron chi connectivity index (χ2n) is 6.22. The Balaban J connectivity index is 2.00. The van der Waals surface area contributed by atoms with E-state index >= 15 is 0 Å². The smallest absolute Gasteiger partial charge is 0.223 e. The van der Waals surface area contributed by atoms with Crippen LogP contribution in [-0.2, 0) is 16.0 Å². The minimum absolute atomic E-state index is 0.00574. The van der Waals surface area contributed by atoms with Gasteiger partial charge in [0, 0.05) is 18.9 Å². The molecule has 0 aliphatic heterocycles. The van der Waals surface area contributed by atoms with E-state index in [-0.39, 0.29) is 17.7 Å². The lowest BCUT2D eigenvalue weighted by Crippen LogP contribution is -2.31. The molecule has 23 heavy (non-hydrogen) atoms. The molecule has 0 saturated carbocycles. The summed E-state index contributed by atoms with van der Waals surface area (Å²) in [4.78, 5) is 22.6. The highest BCUT2D eigenvalue weighted by Crippen LogP contribution is 2.09. The van der Waals surface area contributed by atoms with E-state index in [0.29, 0.717) is 6.42 Å². The Labute approximate surface area is 139 Å². The van der Waals surface area contributed by atoms with E-state index in [1.54, 1.807) is 0 Å². The fourth-order valence-electron chi connectivity index (χ4n) is 2.58. The standard InChI is InChI=1S/C19H30N2O2/c1-16(15-17-11-7-6-8-12-17)19(23)21-14-10-5-3-2-4-9-13-18(20)22/h6-8,11-12,16H,2-5,9-10,13-15H2,1H3,(H2,20,22)(H,21,23). The first-order chi connectivity index (χ1) is 11.1. The molecule has 1 aromatic carbocycles. The van der Waals surface area contributed by atoms with E-state index < -0.39 is 0 Å². The molecule has 1 unspecified atom stereocenters. The number of nitrogens with one attached hydrogen (secondary N) is 1. The van der Waals surface area contributed by atoms with Gasteiger partial charge >= 0.3 is 0 Å². The molecule has 0 radical (unpaired) electrons. The van der Waals surface area contributed by atoms with Crippen LogP contribution in [0.15, 0.2) is 30.3 Å². The lowest BCUT2D eigenvalue weighted by molar-refractivity contribution is -0.124. The number of primary amides is 1. The third-order valence-electron chi connectivity index (χ3n) is 3.98. The lowest BCUT2D eigenvalue weighted by atomic mass is 10.0. The van der Waals surface area contributed by atoms with Crippen molar-refractivity contribution in [2.75, 3.05) is 6.54 Å². The maximum Gasteiger partial charge on any atom is 0.223 e. The lowest BCUT2D eigenvalue weighted by Gasteiger charge is -2.12. The normalized spacial score (nSPS) is 11.9. The van der Waals surface area contributed by atoms with Crippen molar-refractivity contribution < 1.29 is 9.59 Å². The SMILES string of the molecule is CC(Cc1ccccc1)C(=O)NCCCCCCCCC(N)=O. The monoisotopic (exact) mass is 318 g/mol. The van der Waals surface area contributed by atoms with Crippen molar-refractivity contribution in [3.05, 3.63) is 35.9 Å². The van der Waals surface area contributed by atoms with Crippen molar-refractivity contribution in [1.29, 1.82) is 0 Å². The van der Waals surface area contributed by atoms with Gasteiger partial charge in [-0.15, -0.1) is 0 Å². The zero-order chi connectivity index (χ0) is 16.9. The Hall–Kier alpha value is -1.84. The summed E-state index contributed by atoms with van der Waals surface area (Å²) < 4.78 is 0. The fraction of sp³-hybridized carbons (Fsp3) is 0.579. The summed E-state index contributed by atoms with van der Waals surface area (Å²) in [7, 11) is 0. The Morgan fingerprint density at radius 1 is 1.00 bits per heavy atom. The van der Waals surface area contributed by atoms with E-state index in [2.05, 4.69) is 17.4 Å². The fourth-order valence-corrected chi connectivity index (χ4v) is 2.58. The molecule has 2 amide bonds. The molecule has 0 spiro atoms. The van der Waals surface area contributed by atoms with E-state index in [9.17, 15) is 9.59 Å². The first kappa shape index (κ1) is 19.2. The third-order valence-corrected chi connectivity index (χ3v) is 3.98. The quantitative estimate of drug-likeness (QED) is 0.581. The van der Waals surface area contributed by atoms with Gasteiger partial charge in [0.05, 0.1) is 0 Å². The van der Waals surface area contributed by atoms with Crippen molar-refractivity contribution in [1.82, 2.24) is 5.32 Å². The largest absolute Gasteiger partial charge is 0.370 e. The molecule has 3 N–H and O–H groups in total. The van der Waals surface area contributed by atoms with Crippen LogP contribution in [0.5, 0.6) is 0 Å². The topological polar surface area (TPSA) is 72.2 Å². The summed E-state index contributed by atoms with van der Waals surface area (Å²) in [6.07, 6.45) is 7.64. The van der Waals surface area contributed by atoms with E-state index in [0.717, 1.165) is 51.5 Å². The number of unbranched alkanes of at least 4 members (excludes halogenated alkanes) is 5. The predicted molar refractivity (Wildman–Crippen MR) is 93.8 cm³/mol. The molecule has 0 saturated heterocycles. The summed E-state index contributed by atoms with van der Waals surface area (Å²) in [5, 5.41) is 3.02. The Morgan fingerprint density at radius 3 is 2.26 bits per heavy atom. The maximum absolute atomic E-state index is 12.0. The molecule has 1 rings (SSSR count). The molecule has 0 aliphatic carbocycles. The highest BCUT2D eigenvalue weighted by molar-refractivity contribution is 5.78. The van der Waals surface area contributed by atoms with Gasteiger partial charge in [-0.2, -0.15) is 0 Å². The van der Waals surface area contributed by atoms with Crippen molar-refractivity contribution in [2.24, 2.45) is 11.7 Å². The number of nitrogens with two attached hydrogens (primary N) is 1. The predicted octanol–water partition coefficient (Wildman–Crippen LogP) is 3.20. The van der Waals surface area contributed by atoms with Crippen molar-refractivity contribution in [3.63, 3.8) is 0 Å². The van der Waals surface area contributed by atoms with Crippen LogP contribution in [0.25, 0.3) is 0 Å². The molecule has 0 bridgehead atoms. The minimum atomic E-state index is -0.211. The average molecular weight is 318 g/mol. The summed E-state index contributed by atoms with van der Waals surface area (Å²) >= 11 is 0. The van der Waals surface area contributed by atoms with Crippen LogP contribution in [0.3, 0.4) is 0 Å². The van der Waals surface area contributed by atoms with Gasteiger partial charge in [-0.05, 0) is 24.8 Å². The molecule has 1 atom stereocenters. The van der Waals surface area contributed by atoms with Gasteiger partial charge in [0.1, 0.15) is 0 Å². The van der Waals surface area contributed by atoms with Gasteiger partial charge < -0.3 is 11.1 Å². The zero-order valence-corrected chi connectivity index (χ0v) is 14.2. The van der Waals surface area contributed by atoms with Crippen LogP contribution in [0.1, 0.15) is 57.4 Å². The van der Waals surface area contributed by atoms with Crippen LogP contribution in [0.2, 0.25) is 0 Å². The Morgan fingerprint density at radius 2 is 1.61 bits per heavy atom. The summed E-state index contributed by atoms with van der Waals surface area (Å²) in [5.74, 6) is -0.0705. The van der Waals surface area contributed by atoms with Gasteiger partial charge in [-0.25, -0.2) is 0 Å². The highest BCUT2D eigenvalue weighted by atomic mass is 16.2. The summed E-state index contributed by atoms with van der Waals surface area (Å²) in [5.41, 5.74) is 6.30. The van der Waals surface area contributed by atoms with Gasteiger partial charge in [0.15, 0.2) is 0 Å². The average Bonchev–Trinajstić information content (AvgIpc) is 2.53. The molecule has 4 nitrogen and oxygen atoms in total. The third kappa shape index (κ3) is 9.72. The number of benzene rings is 1. The number of amides is 2. The first-order valence-electron chi connectivity index (χ1n) is 8.69. The van der Waals surface area contributed by atoms with E-state index in [1.807, 2.05) is 25.1 Å². The molecule has 128 valence electrons. The van der Waals surface area contributed by atoms with Gasteiger partial charge in [0.25, 0.3) is 0 Å². The second-order valence-corrected chi connectivity index (χ2v) is 6.22. The molecular weight excluding hydrogens is 288 g/mol. The van der Waals surface area contributed by atoms with E-state index in [1.165, 1.54) is 5.56 Å². The van der Waals surface area contributed by atoms with Crippen LogP contribution in [-0.4, -0.2) is 18.4 Å². The molecule has 1 aromatic rings. The zero-order valence-electron chi connectivity index (χ0n) is 14.2. The molecule has 0 heterocycles. The van der Waals surface area contributed by atoms with Gasteiger partial charge in [-0.3, -0.25) is 9.59 Å². The Bertz CT molecular complexity index is 460. The Kier molecular flexibility index (Phi) is 9.76. The van der Waals surface area contributed by atoms with Crippen LogP contribution in [0, 0.1) is 5.92 Å². The van der Waals surface area contributed by atoms with Crippen LogP contribution in [0.4, 0.5) is 0 Å². The van der Waals surface area contributed by atoms with Crippen molar-refractivity contribution in [3.8, 4) is 0 Å². The molecule has 0 aromatic heterocycles. The van der Waals surface area contributed by atoms with Crippen molar-refractivity contribution in [2.45, 2.75) is 58.3 Å². The summed E-state index contributed by atoms with van der Waals surface area (Å²) in [6, 6.07) is 10.1. The molecule has 0 fully saturated rings. The van der Waals surface area contributed by atoms with Crippen LogP contribution < -0.4 is 11.1 Å². The number of hydrogen-bond donors (Lipinski definition) is 2. The first-order valence-corrected chi connectivity index (χ1v) is 8.69. The van der Waals surface area contributed by atoms with E-state index in [4.69, 9.17) is 5.73 Å². The number of carbonyl (C=O) groups excluding carboxylic acids is 2. The van der Waals surface area contributed by atoms with Gasteiger partial charge in [0.2, 0.25) is 11.8 Å².